The predicted octanol–water partition coefficient (Wildman–Crippen LogP) is 4.61. The molecule has 0 N–H and O–H groups in total. The normalized spacial score (nSPS) is 17.6. The zero-order valence-electron chi connectivity index (χ0n) is 9.59. The van der Waals surface area contributed by atoms with Gasteiger partial charge in [-0.25, -0.2) is 4.39 Å². The van der Waals surface area contributed by atoms with Crippen molar-refractivity contribution in [2.75, 3.05) is 0 Å². The summed E-state index contributed by atoms with van der Waals surface area (Å²) < 4.78 is 13.9. The molecule has 15 heavy (non-hydrogen) atoms. The van der Waals surface area contributed by atoms with Crippen molar-refractivity contribution in [3.63, 3.8) is 0 Å². The minimum atomic E-state index is 0.00750. The van der Waals surface area contributed by atoms with Gasteiger partial charge < -0.3 is 0 Å². The Labute approximate surface area is 91.5 Å². The highest BCUT2D eigenvalue weighted by Crippen LogP contribution is 2.35. The van der Waals surface area contributed by atoms with Crippen LogP contribution in [0.25, 0.3) is 0 Å². The molecule has 0 atom stereocenters. The minimum Gasteiger partial charge on any atom is -0.207 e. The fourth-order valence-corrected chi connectivity index (χ4v) is 2.47. The Hall–Kier alpha value is -0.850. The van der Waals surface area contributed by atoms with Crippen LogP contribution in [0.1, 0.15) is 62.5 Å². The topological polar surface area (TPSA) is 0 Å². The second-order valence-corrected chi connectivity index (χ2v) is 4.92. The van der Waals surface area contributed by atoms with Gasteiger partial charge in [0.05, 0.1) is 0 Å². The van der Waals surface area contributed by atoms with Crippen LogP contribution in [0.4, 0.5) is 4.39 Å². The summed E-state index contributed by atoms with van der Waals surface area (Å²) in [7, 11) is 0. The maximum absolute atomic E-state index is 13.9. The summed E-state index contributed by atoms with van der Waals surface area (Å²) in [5, 5.41) is 0. The van der Waals surface area contributed by atoms with E-state index in [0.29, 0.717) is 11.8 Å². The highest BCUT2D eigenvalue weighted by Gasteiger charge is 2.20. The Bertz CT molecular complexity index is 335. The molecule has 0 spiro atoms. The molecule has 1 heteroatoms. The molecule has 0 bridgehead atoms. The van der Waals surface area contributed by atoms with Gasteiger partial charge in [-0.3, -0.25) is 0 Å². The van der Waals surface area contributed by atoms with E-state index in [1.54, 1.807) is 6.07 Å². The Morgan fingerprint density at radius 2 is 1.87 bits per heavy atom. The van der Waals surface area contributed by atoms with Gasteiger partial charge in [0, 0.05) is 0 Å². The summed E-state index contributed by atoms with van der Waals surface area (Å²) in [5.41, 5.74) is 2.05. The SMILES string of the molecule is CC(C)c1ccc(C2CCCC2)c(F)c1. The van der Waals surface area contributed by atoms with Crippen LogP contribution >= 0.6 is 0 Å². The number of benzene rings is 1. The van der Waals surface area contributed by atoms with Crippen LogP contribution in [0.2, 0.25) is 0 Å². The van der Waals surface area contributed by atoms with Gasteiger partial charge in [0.25, 0.3) is 0 Å². The van der Waals surface area contributed by atoms with Crippen molar-refractivity contribution in [1.29, 1.82) is 0 Å². The van der Waals surface area contributed by atoms with E-state index in [1.165, 1.54) is 12.8 Å². The molecule has 1 saturated carbocycles. The van der Waals surface area contributed by atoms with E-state index in [-0.39, 0.29) is 5.82 Å². The van der Waals surface area contributed by atoms with E-state index in [0.717, 1.165) is 24.0 Å². The molecule has 1 aromatic rings. The highest BCUT2D eigenvalue weighted by molar-refractivity contribution is 5.29. The van der Waals surface area contributed by atoms with Crippen molar-refractivity contribution in [3.8, 4) is 0 Å². The summed E-state index contributed by atoms with van der Waals surface area (Å²) in [5.74, 6) is 0.899. The van der Waals surface area contributed by atoms with Crippen LogP contribution in [0.5, 0.6) is 0 Å². The quantitative estimate of drug-likeness (QED) is 0.663. The molecule has 0 amide bonds. The first-order chi connectivity index (χ1) is 7.18. The lowest BCUT2D eigenvalue weighted by Crippen LogP contribution is -1.98. The average Bonchev–Trinajstić information content (AvgIpc) is 2.70. The maximum atomic E-state index is 13.9. The Morgan fingerprint density at radius 3 is 2.40 bits per heavy atom. The van der Waals surface area contributed by atoms with E-state index in [9.17, 15) is 4.39 Å². The molecule has 0 aromatic heterocycles. The van der Waals surface area contributed by atoms with Crippen molar-refractivity contribution >= 4 is 0 Å². The van der Waals surface area contributed by atoms with Crippen molar-refractivity contribution in [2.45, 2.75) is 51.4 Å². The van der Waals surface area contributed by atoms with Gasteiger partial charge in [-0.05, 0) is 41.9 Å². The molecule has 1 aromatic carbocycles. The van der Waals surface area contributed by atoms with Crippen LogP contribution in [0.3, 0.4) is 0 Å². The van der Waals surface area contributed by atoms with Gasteiger partial charge in [-0.15, -0.1) is 0 Å². The number of rotatable bonds is 2. The molecular formula is C14H19F. The second-order valence-electron chi connectivity index (χ2n) is 4.92. The molecule has 1 aliphatic carbocycles. The van der Waals surface area contributed by atoms with Crippen LogP contribution in [0.15, 0.2) is 18.2 Å². The third-order valence-electron chi connectivity index (χ3n) is 3.49. The lowest BCUT2D eigenvalue weighted by atomic mass is 9.93. The van der Waals surface area contributed by atoms with Crippen LogP contribution < -0.4 is 0 Å². The zero-order chi connectivity index (χ0) is 10.8. The maximum Gasteiger partial charge on any atom is 0.126 e. The summed E-state index contributed by atoms with van der Waals surface area (Å²) in [6, 6.07) is 5.81. The summed E-state index contributed by atoms with van der Waals surface area (Å²) in [4.78, 5) is 0. The van der Waals surface area contributed by atoms with Gasteiger partial charge in [-0.2, -0.15) is 0 Å². The standard InChI is InChI=1S/C14H19F/c1-10(2)12-7-8-13(14(15)9-12)11-5-3-4-6-11/h7-11H,3-6H2,1-2H3. The molecule has 0 saturated heterocycles. The molecule has 0 nitrogen and oxygen atoms in total. The van der Waals surface area contributed by atoms with Crippen molar-refractivity contribution in [3.05, 3.63) is 35.1 Å². The van der Waals surface area contributed by atoms with Crippen molar-refractivity contribution in [2.24, 2.45) is 0 Å². The fraction of sp³-hybridized carbons (Fsp3) is 0.571. The summed E-state index contributed by atoms with van der Waals surface area (Å²) >= 11 is 0. The fourth-order valence-electron chi connectivity index (χ4n) is 2.47. The molecule has 1 fully saturated rings. The first-order valence-corrected chi connectivity index (χ1v) is 5.98. The van der Waals surface area contributed by atoms with Gasteiger partial charge >= 0.3 is 0 Å². The van der Waals surface area contributed by atoms with E-state index in [2.05, 4.69) is 19.9 Å². The number of hydrogen-bond donors (Lipinski definition) is 0. The van der Waals surface area contributed by atoms with Crippen LogP contribution in [-0.2, 0) is 0 Å². The Balaban J connectivity index is 2.25. The second kappa shape index (κ2) is 4.34. The smallest absolute Gasteiger partial charge is 0.126 e. The first kappa shape index (κ1) is 10.7. The Kier molecular flexibility index (Phi) is 3.08. The van der Waals surface area contributed by atoms with E-state index in [4.69, 9.17) is 0 Å². The molecule has 2 rings (SSSR count). The largest absolute Gasteiger partial charge is 0.207 e. The highest BCUT2D eigenvalue weighted by atomic mass is 19.1. The lowest BCUT2D eigenvalue weighted by Gasteiger charge is -2.13. The number of hydrogen-bond acceptors (Lipinski definition) is 0. The van der Waals surface area contributed by atoms with Crippen molar-refractivity contribution in [1.82, 2.24) is 0 Å². The third kappa shape index (κ3) is 2.22. The molecule has 0 aliphatic heterocycles. The van der Waals surface area contributed by atoms with E-state index < -0.39 is 0 Å². The van der Waals surface area contributed by atoms with Crippen LogP contribution in [-0.4, -0.2) is 0 Å². The van der Waals surface area contributed by atoms with Crippen molar-refractivity contribution < 1.29 is 4.39 Å². The van der Waals surface area contributed by atoms with E-state index >= 15 is 0 Å². The van der Waals surface area contributed by atoms with Gasteiger partial charge in [-0.1, -0.05) is 38.8 Å². The molecule has 82 valence electrons. The monoisotopic (exact) mass is 206 g/mol. The van der Waals surface area contributed by atoms with E-state index in [1.807, 2.05) is 6.07 Å². The summed E-state index contributed by atoms with van der Waals surface area (Å²) in [6.45, 7) is 4.20. The molecular weight excluding hydrogens is 187 g/mol. The molecule has 1 aliphatic rings. The van der Waals surface area contributed by atoms with Gasteiger partial charge in [0.2, 0.25) is 0 Å². The third-order valence-corrected chi connectivity index (χ3v) is 3.49. The van der Waals surface area contributed by atoms with Crippen LogP contribution in [0, 0.1) is 5.82 Å². The summed E-state index contributed by atoms with van der Waals surface area (Å²) in [6.07, 6.45) is 4.85. The van der Waals surface area contributed by atoms with Gasteiger partial charge in [0.15, 0.2) is 0 Å². The predicted molar refractivity (Wildman–Crippen MR) is 61.7 cm³/mol. The Morgan fingerprint density at radius 1 is 1.20 bits per heavy atom. The molecule has 0 heterocycles. The lowest BCUT2D eigenvalue weighted by molar-refractivity contribution is 0.577. The average molecular weight is 206 g/mol. The zero-order valence-corrected chi connectivity index (χ0v) is 9.59. The first-order valence-electron chi connectivity index (χ1n) is 5.98. The molecule has 0 unspecified atom stereocenters. The molecule has 0 radical (unpaired) electrons. The number of halogens is 1. The van der Waals surface area contributed by atoms with Gasteiger partial charge in [0.1, 0.15) is 5.82 Å². The minimum absolute atomic E-state index is 0.00750.